The molecule has 0 aliphatic carbocycles. The van der Waals surface area contributed by atoms with Gasteiger partial charge in [-0.2, -0.15) is 0 Å². The number of aliphatic imine (C=N–C) groups is 3. The second kappa shape index (κ2) is 23.3. The van der Waals surface area contributed by atoms with Gasteiger partial charge in [-0.25, -0.2) is 4.98 Å². The molecular formula is C26H46N16O6S2. The minimum Gasteiger partial charge on any atom is -0.370 e. The van der Waals surface area contributed by atoms with E-state index in [4.69, 9.17) is 45.9 Å². The molecule has 50 heavy (non-hydrogen) atoms. The summed E-state index contributed by atoms with van der Waals surface area (Å²) < 4.78 is 0. The molecule has 0 saturated carbocycles. The Balaban J connectivity index is 3.11. The van der Waals surface area contributed by atoms with Crippen LogP contribution in [-0.4, -0.2) is 101 Å². The first-order valence-corrected chi connectivity index (χ1v) is 17.4. The van der Waals surface area contributed by atoms with Crippen molar-refractivity contribution in [2.24, 2.45) is 60.8 Å². The lowest BCUT2D eigenvalue weighted by Crippen LogP contribution is -2.57. The highest BCUT2D eigenvalue weighted by Crippen LogP contribution is 2.35. The molecule has 0 aliphatic rings. The second-order valence-electron chi connectivity index (χ2n) is 10.5. The summed E-state index contributed by atoms with van der Waals surface area (Å²) in [6.07, 6.45) is 2.55. The van der Waals surface area contributed by atoms with Crippen molar-refractivity contribution in [2.75, 3.05) is 25.4 Å². The van der Waals surface area contributed by atoms with E-state index < -0.39 is 52.7 Å². The number of hydrogen-bond acceptors (Lipinski definition) is 13. The molecule has 22 nitrogen and oxygen atoms in total. The Morgan fingerprint density at radius 2 is 1.22 bits per heavy atom. The lowest BCUT2D eigenvalue weighted by atomic mass is 10.1. The number of nitro groups is 1. The van der Waals surface area contributed by atoms with E-state index in [1.165, 1.54) is 18.3 Å². The van der Waals surface area contributed by atoms with E-state index in [2.05, 4.69) is 35.9 Å². The number of nitrogens with zero attached hydrogens (tertiary/aromatic N) is 5. The summed E-state index contributed by atoms with van der Waals surface area (Å²) in [4.78, 5) is 78.5. The zero-order valence-electron chi connectivity index (χ0n) is 27.2. The van der Waals surface area contributed by atoms with Gasteiger partial charge in [-0.3, -0.25) is 44.3 Å². The number of nitrogens with two attached hydrogens (primary N) is 8. The first kappa shape index (κ1) is 42.9. The molecule has 24 heteroatoms. The van der Waals surface area contributed by atoms with Gasteiger partial charge in [0, 0.05) is 37.7 Å². The van der Waals surface area contributed by atoms with E-state index >= 15 is 0 Å². The normalized spacial score (nSPS) is 13.0. The first-order valence-electron chi connectivity index (χ1n) is 15.1. The molecule has 0 unspecified atom stereocenters. The number of guanidine groups is 3. The number of amides is 4. The molecular weight excluding hydrogens is 697 g/mol. The SMILES string of the molecule is NC(=O)[C@H](CSSc1ncccc1[N+](=O)[O-])NC(=O)[C@H](CCCN=C(N)N)NC(=O)[C@H](CCCN=C(N)N)NC(=O)[C@@H](N)CCCN=C(N)N. The maximum atomic E-state index is 13.6. The maximum Gasteiger partial charge on any atom is 0.302 e. The van der Waals surface area contributed by atoms with E-state index in [0.717, 1.165) is 21.6 Å². The van der Waals surface area contributed by atoms with Crippen molar-refractivity contribution in [3.63, 3.8) is 0 Å². The van der Waals surface area contributed by atoms with E-state index in [-0.39, 0.29) is 86.1 Å². The molecule has 19 N–H and O–H groups in total. The highest BCUT2D eigenvalue weighted by atomic mass is 33.1. The van der Waals surface area contributed by atoms with Gasteiger partial charge in [0.1, 0.15) is 18.1 Å². The lowest BCUT2D eigenvalue weighted by molar-refractivity contribution is -0.388. The minimum atomic E-state index is -1.24. The molecule has 1 heterocycles. The van der Waals surface area contributed by atoms with Crippen LogP contribution < -0.4 is 61.8 Å². The molecule has 0 bridgehead atoms. The van der Waals surface area contributed by atoms with Crippen LogP contribution in [0.1, 0.15) is 38.5 Å². The number of pyridine rings is 1. The van der Waals surface area contributed by atoms with Gasteiger partial charge in [0.15, 0.2) is 22.9 Å². The summed E-state index contributed by atoms with van der Waals surface area (Å²) in [5, 5.41) is 19.1. The zero-order valence-corrected chi connectivity index (χ0v) is 28.9. The van der Waals surface area contributed by atoms with Crippen molar-refractivity contribution in [1.82, 2.24) is 20.9 Å². The smallest absolute Gasteiger partial charge is 0.302 e. The highest BCUT2D eigenvalue weighted by Gasteiger charge is 2.30. The monoisotopic (exact) mass is 742 g/mol. The second-order valence-corrected chi connectivity index (χ2v) is 12.8. The molecule has 1 aromatic rings. The summed E-state index contributed by atoms with van der Waals surface area (Å²) in [6.45, 7) is 0.505. The van der Waals surface area contributed by atoms with Crippen LogP contribution in [0.4, 0.5) is 5.69 Å². The van der Waals surface area contributed by atoms with E-state index in [1.807, 2.05) is 0 Å². The van der Waals surface area contributed by atoms with E-state index in [1.54, 1.807) is 0 Å². The molecule has 4 atom stereocenters. The topological polar surface area (TPSA) is 406 Å². The van der Waals surface area contributed by atoms with E-state index in [0.29, 0.717) is 6.42 Å². The third-order valence-corrected chi connectivity index (χ3v) is 8.74. The minimum absolute atomic E-state index is 0.0147. The quantitative estimate of drug-likeness (QED) is 0.0121. The average Bonchev–Trinajstić information content (AvgIpc) is 3.04. The highest BCUT2D eigenvalue weighted by molar-refractivity contribution is 8.76. The average molecular weight is 743 g/mol. The van der Waals surface area contributed by atoms with Crippen LogP contribution in [0.5, 0.6) is 0 Å². The third kappa shape index (κ3) is 17.9. The molecule has 4 amide bonds. The van der Waals surface area contributed by atoms with Crippen LogP contribution in [0.2, 0.25) is 0 Å². The summed E-state index contributed by atoms with van der Waals surface area (Å²) in [7, 11) is 1.92. The van der Waals surface area contributed by atoms with Gasteiger partial charge in [-0.1, -0.05) is 10.8 Å². The number of rotatable bonds is 24. The Morgan fingerprint density at radius 3 is 1.68 bits per heavy atom. The van der Waals surface area contributed by atoms with Gasteiger partial charge >= 0.3 is 5.69 Å². The van der Waals surface area contributed by atoms with Crippen molar-refractivity contribution in [3.8, 4) is 0 Å². The Hall–Kier alpha value is -5.10. The Bertz CT molecular complexity index is 1390. The summed E-state index contributed by atoms with van der Waals surface area (Å²) in [5.41, 5.74) is 43.5. The van der Waals surface area contributed by atoms with Crippen molar-refractivity contribution in [2.45, 2.75) is 67.7 Å². The van der Waals surface area contributed by atoms with Crippen molar-refractivity contribution in [3.05, 3.63) is 28.4 Å². The fourth-order valence-corrected chi connectivity index (χ4v) is 6.18. The fourth-order valence-electron chi connectivity index (χ4n) is 3.96. The molecule has 0 fully saturated rings. The predicted molar refractivity (Wildman–Crippen MR) is 192 cm³/mol. The molecule has 1 rings (SSSR count). The molecule has 0 aromatic carbocycles. The standard InChI is InChI=1S/C26H46N16O6S2/c27-14(5-1-10-36-24(29)30)20(44)39-15(6-2-11-37-25(31)32)21(45)40-16(7-3-12-38-26(33)34)22(46)41-17(19(28)43)13-49-50-23-18(42(47)48)8-4-9-35-23/h4,8-9,14-17H,1-3,5-7,10-13,27H2,(H2,28,43)(H,39,44)(H,40,45)(H,41,46)(H4,29,30,36)(H4,31,32,37)(H4,33,34,38)/t14-,15-,16-,17-/m0/s1. The number of carbonyl (C=O) groups excluding carboxylic acids is 4. The Labute approximate surface area is 295 Å². The number of carbonyl (C=O) groups is 4. The van der Waals surface area contributed by atoms with Gasteiger partial charge in [0.2, 0.25) is 23.6 Å². The van der Waals surface area contributed by atoms with Crippen molar-refractivity contribution in [1.29, 1.82) is 0 Å². The molecule has 1 aromatic heterocycles. The summed E-state index contributed by atoms with van der Waals surface area (Å²) in [5.74, 6) is -3.58. The maximum absolute atomic E-state index is 13.6. The van der Waals surface area contributed by atoms with Crippen LogP contribution in [0.15, 0.2) is 38.3 Å². The molecule has 0 saturated heterocycles. The molecule has 0 spiro atoms. The van der Waals surface area contributed by atoms with Gasteiger partial charge in [-0.15, -0.1) is 0 Å². The first-order chi connectivity index (χ1) is 23.6. The lowest BCUT2D eigenvalue weighted by Gasteiger charge is -2.25. The van der Waals surface area contributed by atoms with Crippen LogP contribution >= 0.6 is 21.6 Å². The molecule has 0 radical (unpaired) electrons. The Morgan fingerprint density at radius 1 is 0.760 bits per heavy atom. The van der Waals surface area contributed by atoms with Gasteiger partial charge in [-0.05, 0) is 55.4 Å². The predicted octanol–water partition coefficient (Wildman–Crippen LogP) is -3.84. The van der Waals surface area contributed by atoms with Crippen LogP contribution in [0.3, 0.4) is 0 Å². The van der Waals surface area contributed by atoms with Crippen molar-refractivity contribution >= 4 is 68.8 Å². The van der Waals surface area contributed by atoms with Gasteiger partial charge in [0.25, 0.3) is 0 Å². The largest absolute Gasteiger partial charge is 0.370 e. The van der Waals surface area contributed by atoms with Gasteiger partial charge in [0.05, 0.1) is 11.0 Å². The van der Waals surface area contributed by atoms with Crippen molar-refractivity contribution < 1.29 is 24.1 Å². The Kier molecular flexibility index (Phi) is 20.0. The van der Waals surface area contributed by atoms with Crippen LogP contribution in [0, 0.1) is 10.1 Å². The molecule has 278 valence electrons. The van der Waals surface area contributed by atoms with Gasteiger partial charge < -0.3 is 61.8 Å². The summed E-state index contributed by atoms with van der Waals surface area (Å²) in [6, 6.07) is -1.97. The van der Waals surface area contributed by atoms with E-state index in [9.17, 15) is 29.3 Å². The fraction of sp³-hybridized carbons (Fsp3) is 0.538. The number of hydrogen-bond donors (Lipinski definition) is 11. The number of aromatic nitrogens is 1. The third-order valence-electron chi connectivity index (χ3n) is 6.44. The number of nitrogens with one attached hydrogen (secondary N) is 3. The number of primary amides is 1. The zero-order chi connectivity index (χ0) is 37.6. The van der Waals surface area contributed by atoms with Crippen LogP contribution in [0.25, 0.3) is 0 Å². The van der Waals surface area contributed by atoms with Crippen LogP contribution in [-0.2, 0) is 19.2 Å². The molecule has 0 aliphatic heterocycles. The summed E-state index contributed by atoms with van der Waals surface area (Å²) >= 11 is 0.